The van der Waals surface area contributed by atoms with Crippen molar-refractivity contribution < 1.29 is 5.11 Å². The molecule has 1 saturated heterocycles. The zero-order valence-electron chi connectivity index (χ0n) is 11.9. The highest BCUT2D eigenvalue weighted by Gasteiger charge is 2.49. The average molecular weight is 259 g/mol. The van der Waals surface area contributed by atoms with Crippen molar-refractivity contribution in [1.82, 2.24) is 4.90 Å². The maximum Gasteiger partial charge on any atom is 0.0761 e. The Labute approximate surface area is 116 Å². The summed E-state index contributed by atoms with van der Waals surface area (Å²) in [4.78, 5) is 2.48. The van der Waals surface area contributed by atoms with E-state index < -0.39 is 0 Å². The Morgan fingerprint density at radius 3 is 2.53 bits per heavy atom. The van der Waals surface area contributed by atoms with Gasteiger partial charge in [0, 0.05) is 24.5 Å². The average Bonchev–Trinajstić information content (AvgIpc) is 2.67. The molecule has 2 nitrogen and oxygen atoms in total. The normalized spacial score (nSPS) is 30.8. The van der Waals surface area contributed by atoms with Crippen LogP contribution in [0.2, 0.25) is 0 Å². The first-order valence-corrected chi connectivity index (χ1v) is 7.67. The summed E-state index contributed by atoms with van der Waals surface area (Å²) in [7, 11) is 0. The standard InChI is InChI=1S/C17H25NO/c1-14-16(19)17(10-6-3-7-11-17)13-18(14)12-15-8-4-2-5-9-15/h2,4-5,8-9,14,16,19H,3,6-7,10-13H2,1H3. The van der Waals surface area contributed by atoms with Crippen LogP contribution < -0.4 is 0 Å². The van der Waals surface area contributed by atoms with Crippen molar-refractivity contribution in [1.29, 1.82) is 0 Å². The SMILES string of the molecule is CC1C(O)C2(CCCCC2)CN1Cc1ccccc1. The lowest BCUT2D eigenvalue weighted by Crippen LogP contribution is -2.38. The molecule has 1 aliphatic carbocycles. The highest BCUT2D eigenvalue weighted by Crippen LogP contribution is 2.46. The van der Waals surface area contributed by atoms with E-state index in [0.29, 0.717) is 6.04 Å². The molecule has 1 aromatic rings. The van der Waals surface area contributed by atoms with Gasteiger partial charge in [-0.1, -0.05) is 49.6 Å². The van der Waals surface area contributed by atoms with E-state index in [-0.39, 0.29) is 11.5 Å². The van der Waals surface area contributed by atoms with Crippen molar-refractivity contribution in [2.45, 2.75) is 57.7 Å². The van der Waals surface area contributed by atoms with Gasteiger partial charge in [0.1, 0.15) is 0 Å². The third kappa shape index (κ3) is 2.44. The van der Waals surface area contributed by atoms with Crippen LogP contribution in [-0.4, -0.2) is 28.7 Å². The molecule has 2 unspecified atom stereocenters. The second-order valence-corrected chi connectivity index (χ2v) is 6.50. The highest BCUT2D eigenvalue weighted by molar-refractivity contribution is 5.16. The summed E-state index contributed by atoms with van der Waals surface area (Å²) < 4.78 is 0. The number of hydrogen-bond donors (Lipinski definition) is 1. The minimum Gasteiger partial charge on any atom is -0.391 e. The molecule has 19 heavy (non-hydrogen) atoms. The first-order chi connectivity index (χ1) is 9.21. The zero-order chi connectivity index (χ0) is 13.3. The first-order valence-electron chi connectivity index (χ1n) is 7.67. The van der Waals surface area contributed by atoms with Crippen molar-refractivity contribution in [2.24, 2.45) is 5.41 Å². The van der Waals surface area contributed by atoms with Crippen molar-refractivity contribution >= 4 is 0 Å². The van der Waals surface area contributed by atoms with Crippen LogP contribution in [0.25, 0.3) is 0 Å². The van der Waals surface area contributed by atoms with Gasteiger partial charge in [0.05, 0.1) is 6.10 Å². The minimum atomic E-state index is -0.142. The van der Waals surface area contributed by atoms with Crippen molar-refractivity contribution in [2.75, 3.05) is 6.54 Å². The fourth-order valence-corrected chi connectivity index (χ4v) is 4.08. The molecule has 1 aliphatic heterocycles. The fraction of sp³-hybridized carbons (Fsp3) is 0.647. The fourth-order valence-electron chi connectivity index (χ4n) is 4.08. The van der Waals surface area contributed by atoms with Crippen molar-refractivity contribution in [3.05, 3.63) is 35.9 Å². The number of benzene rings is 1. The van der Waals surface area contributed by atoms with Crippen molar-refractivity contribution in [3.63, 3.8) is 0 Å². The summed E-state index contributed by atoms with van der Waals surface area (Å²) in [6.45, 7) is 4.24. The molecule has 1 spiro atoms. The molecule has 1 aromatic carbocycles. The molecule has 0 aromatic heterocycles. The Hall–Kier alpha value is -0.860. The number of likely N-dealkylation sites (tertiary alicyclic amines) is 1. The van der Waals surface area contributed by atoms with Crippen LogP contribution >= 0.6 is 0 Å². The lowest BCUT2D eigenvalue weighted by Gasteiger charge is -2.36. The number of aliphatic hydroxyl groups is 1. The molecule has 1 heterocycles. The van der Waals surface area contributed by atoms with E-state index in [1.165, 1.54) is 37.7 Å². The van der Waals surface area contributed by atoms with Crippen molar-refractivity contribution in [3.8, 4) is 0 Å². The Balaban J connectivity index is 1.73. The predicted molar refractivity (Wildman–Crippen MR) is 77.8 cm³/mol. The number of hydrogen-bond acceptors (Lipinski definition) is 2. The monoisotopic (exact) mass is 259 g/mol. The van der Waals surface area contributed by atoms with Gasteiger partial charge in [-0.3, -0.25) is 4.90 Å². The third-order valence-electron chi connectivity index (χ3n) is 5.26. The van der Waals surface area contributed by atoms with Gasteiger partial charge in [-0.25, -0.2) is 0 Å². The summed E-state index contributed by atoms with van der Waals surface area (Å²) >= 11 is 0. The van der Waals surface area contributed by atoms with Crippen LogP contribution in [0.3, 0.4) is 0 Å². The van der Waals surface area contributed by atoms with E-state index in [1.807, 2.05) is 0 Å². The molecular formula is C17H25NO. The van der Waals surface area contributed by atoms with Gasteiger partial charge in [0.15, 0.2) is 0 Å². The smallest absolute Gasteiger partial charge is 0.0761 e. The molecule has 2 fully saturated rings. The second kappa shape index (κ2) is 5.26. The van der Waals surface area contributed by atoms with Gasteiger partial charge in [-0.15, -0.1) is 0 Å². The molecule has 0 amide bonds. The summed E-state index contributed by atoms with van der Waals surface area (Å²) in [6.07, 6.45) is 6.22. The lowest BCUT2D eigenvalue weighted by atomic mass is 9.71. The maximum absolute atomic E-state index is 10.7. The molecule has 2 aliphatic rings. The van der Waals surface area contributed by atoms with Crippen LogP contribution in [0.4, 0.5) is 0 Å². The minimum absolute atomic E-state index is 0.142. The van der Waals surface area contributed by atoms with Crippen LogP contribution in [-0.2, 0) is 6.54 Å². The highest BCUT2D eigenvalue weighted by atomic mass is 16.3. The molecule has 2 atom stereocenters. The van der Waals surface area contributed by atoms with E-state index >= 15 is 0 Å². The quantitative estimate of drug-likeness (QED) is 0.881. The number of rotatable bonds is 2. The molecule has 1 saturated carbocycles. The molecule has 3 rings (SSSR count). The molecule has 0 radical (unpaired) electrons. The Morgan fingerprint density at radius 1 is 1.16 bits per heavy atom. The molecule has 0 bridgehead atoms. The third-order valence-corrected chi connectivity index (χ3v) is 5.26. The summed E-state index contributed by atoms with van der Waals surface area (Å²) in [6, 6.07) is 10.9. The zero-order valence-corrected chi connectivity index (χ0v) is 11.9. The Kier molecular flexibility index (Phi) is 3.64. The van der Waals surface area contributed by atoms with Crippen LogP contribution in [0.5, 0.6) is 0 Å². The predicted octanol–water partition coefficient (Wildman–Crippen LogP) is 3.20. The van der Waals surface area contributed by atoms with Crippen LogP contribution in [0.1, 0.15) is 44.6 Å². The van der Waals surface area contributed by atoms with Gasteiger partial charge >= 0.3 is 0 Å². The molecule has 104 valence electrons. The first kappa shape index (κ1) is 13.1. The van der Waals surface area contributed by atoms with E-state index in [9.17, 15) is 5.11 Å². The molecule has 2 heteroatoms. The van der Waals surface area contributed by atoms with Gasteiger partial charge in [0.2, 0.25) is 0 Å². The Morgan fingerprint density at radius 2 is 1.84 bits per heavy atom. The van der Waals surface area contributed by atoms with Crippen LogP contribution in [0.15, 0.2) is 30.3 Å². The number of aliphatic hydroxyl groups excluding tert-OH is 1. The molecule has 1 N–H and O–H groups in total. The Bertz CT molecular complexity index is 411. The number of nitrogens with zero attached hydrogens (tertiary/aromatic N) is 1. The summed E-state index contributed by atoms with van der Waals surface area (Å²) in [5.41, 5.74) is 1.54. The largest absolute Gasteiger partial charge is 0.391 e. The topological polar surface area (TPSA) is 23.5 Å². The van der Waals surface area contributed by atoms with E-state index in [1.54, 1.807) is 0 Å². The van der Waals surface area contributed by atoms with E-state index in [2.05, 4.69) is 42.2 Å². The lowest BCUT2D eigenvalue weighted by molar-refractivity contribution is 0.0234. The van der Waals surface area contributed by atoms with Gasteiger partial charge in [-0.05, 0) is 25.3 Å². The van der Waals surface area contributed by atoms with Crippen LogP contribution in [0, 0.1) is 5.41 Å². The van der Waals surface area contributed by atoms with Gasteiger partial charge < -0.3 is 5.11 Å². The molecular weight excluding hydrogens is 234 g/mol. The van der Waals surface area contributed by atoms with E-state index in [4.69, 9.17) is 0 Å². The van der Waals surface area contributed by atoms with Gasteiger partial charge in [0.25, 0.3) is 0 Å². The van der Waals surface area contributed by atoms with E-state index in [0.717, 1.165) is 13.1 Å². The summed E-state index contributed by atoms with van der Waals surface area (Å²) in [5.74, 6) is 0. The summed E-state index contributed by atoms with van der Waals surface area (Å²) in [5, 5.41) is 10.7. The second-order valence-electron chi connectivity index (χ2n) is 6.50. The maximum atomic E-state index is 10.7. The van der Waals surface area contributed by atoms with Gasteiger partial charge in [-0.2, -0.15) is 0 Å².